The second kappa shape index (κ2) is 10.4. The molecule has 28 heavy (non-hydrogen) atoms. The molecule has 2 amide bonds. The Hall–Kier alpha value is -2.10. The fraction of sp³-hybridized carbons (Fsp3) is 0.368. The number of thiophene rings is 1. The van der Waals surface area contributed by atoms with E-state index in [-0.39, 0.29) is 18.2 Å². The molecule has 0 bridgehead atoms. The minimum Gasteiger partial charge on any atom is -0.356 e. The van der Waals surface area contributed by atoms with Crippen molar-refractivity contribution in [1.82, 2.24) is 15.3 Å². The van der Waals surface area contributed by atoms with E-state index in [0.717, 1.165) is 34.8 Å². The van der Waals surface area contributed by atoms with Gasteiger partial charge in [0.05, 0.1) is 23.5 Å². The highest BCUT2D eigenvalue weighted by atomic mass is 32.1. The summed E-state index contributed by atoms with van der Waals surface area (Å²) in [6.45, 7) is 2.65. The Kier molecular flexibility index (Phi) is 7.70. The molecule has 2 N–H and O–H groups in total. The molecule has 0 aliphatic carbocycles. The molecular formula is C19H22N4O2S3. The van der Waals surface area contributed by atoms with Crippen molar-refractivity contribution in [2.45, 2.75) is 39.0 Å². The topological polar surface area (TPSA) is 84.0 Å². The van der Waals surface area contributed by atoms with Crippen LogP contribution in [-0.4, -0.2) is 28.3 Å². The molecule has 0 saturated heterocycles. The number of hydrogen-bond donors (Lipinski definition) is 2. The number of rotatable bonds is 10. The smallest absolute Gasteiger partial charge is 0.231 e. The van der Waals surface area contributed by atoms with Gasteiger partial charge in [-0.1, -0.05) is 6.07 Å². The Bertz CT molecular complexity index is 902. The molecule has 0 fully saturated rings. The molecule has 3 aromatic heterocycles. The van der Waals surface area contributed by atoms with Crippen molar-refractivity contribution in [3.63, 3.8) is 0 Å². The number of nitrogens with zero attached hydrogens (tertiary/aromatic N) is 2. The van der Waals surface area contributed by atoms with E-state index < -0.39 is 0 Å². The van der Waals surface area contributed by atoms with Crippen molar-refractivity contribution in [3.05, 3.63) is 49.5 Å². The van der Waals surface area contributed by atoms with Gasteiger partial charge in [-0.2, -0.15) is 0 Å². The SMILES string of the molecule is Cc1csc(CCCCNC(=O)Cc2csc(NC(=O)Cc3cccs3)n2)n1. The van der Waals surface area contributed by atoms with Crippen LogP contribution in [0, 0.1) is 6.92 Å². The van der Waals surface area contributed by atoms with Gasteiger partial charge in [-0.05, 0) is 37.6 Å². The van der Waals surface area contributed by atoms with E-state index >= 15 is 0 Å². The molecule has 3 aromatic rings. The van der Waals surface area contributed by atoms with E-state index in [1.54, 1.807) is 22.7 Å². The third kappa shape index (κ3) is 6.81. The van der Waals surface area contributed by atoms with E-state index in [1.807, 2.05) is 29.8 Å². The van der Waals surface area contributed by atoms with E-state index in [9.17, 15) is 9.59 Å². The first-order valence-corrected chi connectivity index (χ1v) is 11.7. The normalized spacial score (nSPS) is 10.8. The standard InChI is InChI=1S/C19H22N4O2S3/c1-13-11-27-18(21-13)6-2-3-7-20-16(24)9-14-12-28-19(22-14)23-17(25)10-15-5-4-8-26-15/h4-5,8,11-12H,2-3,6-7,9-10H2,1H3,(H,20,24)(H,22,23,25). The minimum absolute atomic E-state index is 0.0492. The van der Waals surface area contributed by atoms with Crippen LogP contribution in [0.3, 0.4) is 0 Å². The number of hydrogen-bond acceptors (Lipinski definition) is 7. The molecule has 0 unspecified atom stereocenters. The predicted molar refractivity (Wildman–Crippen MR) is 115 cm³/mol. The molecule has 6 nitrogen and oxygen atoms in total. The maximum atomic E-state index is 12.0. The Morgan fingerprint density at radius 2 is 1.93 bits per heavy atom. The molecular weight excluding hydrogens is 412 g/mol. The van der Waals surface area contributed by atoms with Crippen LogP contribution in [-0.2, 0) is 28.9 Å². The first-order chi connectivity index (χ1) is 13.6. The van der Waals surface area contributed by atoms with Gasteiger partial charge >= 0.3 is 0 Å². The van der Waals surface area contributed by atoms with Crippen molar-refractivity contribution in [2.24, 2.45) is 0 Å². The molecule has 0 aliphatic rings. The van der Waals surface area contributed by atoms with Crippen molar-refractivity contribution in [2.75, 3.05) is 11.9 Å². The van der Waals surface area contributed by atoms with Crippen LogP contribution in [0.5, 0.6) is 0 Å². The number of amides is 2. The minimum atomic E-state index is -0.0942. The summed E-state index contributed by atoms with van der Waals surface area (Å²) in [4.78, 5) is 33.8. The number of thiazole rings is 2. The summed E-state index contributed by atoms with van der Waals surface area (Å²) >= 11 is 4.58. The van der Waals surface area contributed by atoms with Gasteiger partial charge in [-0.15, -0.1) is 34.0 Å². The van der Waals surface area contributed by atoms with E-state index in [4.69, 9.17) is 0 Å². The molecule has 0 radical (unpaired) electrons. The molecule has 3 heterocycles. The molecule has 148 valence electrons. The maximum absolute atomic E-state index is 12.0. The number of carbonyl (C=O) groups excluding carboxylic acids is 2. The van der Waals surface area contributed by atoms with Crippen molar-refractivity contribution in [1.29, 1.82) is 0 Å². The van der Waals surface area contributed by atoms with Gasteiger partial charge in [0.25, 0.3) is 0 Å². The number of anilines is 1. The van der Waals surface area contributed by atoms with Crippen molar-refractivity contribution >= 4 is 51.0 Å². The van der Waals surface area contributed by atoms with E-state index in [0.29, 0.717) is 23.8 Å². The van der Waals surface area contributed by atoms with Gasteiger partial charge in [0.15, 0.2) is 5.13 Å². The zero-order valence-electron chi connectivity index (χ0n) is 15.6. The number of unbranched alkanes of at least 4 members (excludes halogenated alkanes) is 1. The number of aromatic nitrogens is 2. The largest absolute Gasteiger partial charge is 0.356 e. The van der Waals surface area contributed by atoms with Crippen LogP contribution < -0.4 is 10.6 Å². The van der Waals surface area contributed by atoms with Crippen LogP contribution in [0.25, 0.3) is 0 Å². The fourth-order valence-corrected chi connectivity index (χ4v) is 4.80. The second-order valence-corrected chi connectivity index (χ2v) is 9.15. The zero-order chi connectivity index (χ0) is 19.8. The van der Waals surface area contributed by atoms with Crippen molar-refractivity contribution < 1.29 is 9.59 Å². The Balaban J connectivity index is 1.32. The lowest BCUT2D eigenvalue weighted by Gasteiger charge is -2.03. The Morgan fingerprint density at radius 1 is 1.04 bits per heavy atom. The molecule has 0 saturated carbocycles. The lowest BCUT2D eigenvalue weighted by molar-refractivity contribution is -0.120. The summed E-state index contributed by atoms with van der Waals surface area (Å²) in [5.41, 5.74) is 1.74. The number of nitrogens with one attached hydrogen (secondary N) is 2. The van der Waals surface area contributed by atoms with Gasteiger partial charge in [0.1, 0.15) is 0 Å². The van der Waals surface area contributed by atoms with Gasteiger partial charge in [-0.25, -0.2) is 9.97 Å². The Labute approximate surface area is 176 Å². The lowest BCUT2D eigenvalue weighted by Crippen LogP contribution is -2.26. The van der Waals surface area contributed by atoms with Gasteiger partial charge in [0.2, 0.25) is 11.8 Å². The molecule has 0 atom stereocenters. The van der Waals surface area contributed by atoms with Crippen LogP contribution >= 0.6 is 34.0 Å². The van der Waals surface area contributed by atoms with E-state index in [2.05, 4.69) is 26.0 Å². The van der Waals surface area contributed by atoms with Gasteiger partial charge in [-0.3, -0.25) is 9.59 Å². The van der Waals surface area contributed by atoms with Crippen LogP contribution in [0.1, 0.15) is 34.1 Å². The lowest BCUT2D eigenvalue weighted by atomic mass is 10.2. The summed E-state index contributed by atoms with van der Waals surface area (Å²) < 4.78 is 0. The third-order valence-electron chi connectivity index (χ3n) is 3.86. The first-order valence-electron chi connectivity index (χ1n) is 9.03. The summed E-state index contributed by atoms with van der Waals surface area (Å²) in [6.07, 6.45) is 3.45. The molecule has 0 spiro atoms. The Morgan fingerprint density at radius 3 is 2.68 bits per heavy atom. The van der Waals surface area contributed by atoms with Crippen molar-refractivity contribution in [3.8, 4) is 0 Å². The zero-order valence-corrected chi connectivity index (χ0v) is 18.0. The summed E-state index contributed by atoms with van der Waals surface area (Å²) in [5, 5.41) is 13.2. The average Bonchev–Trinajstić information content (AvgIpc) is 3.38. The van der Waals surface area contributed by atoms with Gasteiger partial charge in [0, 0.05) is 27.9 Å². The van der Waals surface area contributed by atoms with Crippen LogP contribution in [0.15, 0.2) is 28.3 Å². The van der Waals surface area contributed by atoms with Crippen LogP contribution in [0.4, 0.5) is 5.13 Å². The highest BCUT2D eigenvalue weighted by molar-refractivity contribution is 7.14. The fourth-order valence-electron chi connectivity index (χ4n) is 2.55. The predicted octanol–water partition coefficient (Wildman–Crippen LogP) is 3.83. The molecule has 0 aliphatic heterocycles. The van der Waals surface area contributed by atoms with E-state index in [1.165, 1.54) is 11.3 Å². The van der Waals surface area contributed by atoms with Crippen LogP contribution in [0.2, 0.25) is 0 Å². The summed E-state index contributed by atoms with van der Waals surface area (Å²) in [7, 11) is 0. The highest BCUT2D eigenvalue weighted by Gasteiger charge is 2.10. The second-order valence-electron chi connectivity index (χ2n) is 6.31. The summed E-state index contributed by atoms with van der Waals surface area (Å²) in [5.74, 6) is -0.143. The summed E-state index contributed by atoms with van der Waals surface area (Å²) in [6, 6.07) is 3.85. The highest BCUT2D eigenvalue weighted by Crippen LogP contribution is 2.17. The third-order valence-corrected chi connectivity index (χ3v) is 6.57. The number of aryl methyl sites for hydroxylation is 2. The quantitative estimate of drug-likeness (QED) is 0.475. The number of carbonyl (C=O) groups is 2. The van der Waals surface area contributed by atoms with Gasteiger partial charge < -0.3 is 10.6 Å². The molecule has 9 heteroatoms. The maximum Gasteiger partial charge on any atom is 0.231 e. The average molecular weight is 435 g/mol. The monoisotopic (exact) mass is 434 g/mol. The first kappa shape index (κ1) is 20.6. The molecule has 0 aromatic carbocycles. The molecule has 3 rings (SSSR count).